The van der Waals surface area contributed by atoms with E-state index in [-0.39, 0.29) is 24.5 Å². The Morgan fingerprint density at radius 2 is 1.97 bits per heavy atom. The fourth-order valence-corrected chi connectivity index (χ4v) is 4.14. The van der Waals surface area contributed by atoms with Crippen LogP contribution in [0.5, 0.6) is 5.75 Å². The minimum atomic E-state index is -0.130. The minimum absolute atomic E-state index is 0.0967. The van der Waals surface area contributed by atoms with Crippen LogP contribution in [0.1, 0.15) is 41.7 Å². The molecule has 1 amide bonds. The largest absolute Gasteiger partial charge is 0.497 e. The number of rotatable bonds is 7. The SMILES string of the molecule is COc1cccc(C2CCCN2C(=O)CNC(c2ccccc2)c2ccccn2)c1. The average molecular weight is 402 g/mol. The molecule has 1 N–H and O–H groups in total. The summed E-state index contributed by atoms with van der Waals surface area (Å²) < 4.78 is 5.36. The van der Waals surface area contributed by atoms with E-state index in [1.807, 2.05) is 59.5 Å². The lowest BCUT2D eigenvalue weighted by atomic mass is 10.0. The normalized spacial score (nSPS) is 17.0. The van der Waals surface area contributed by atoms with Crippen LogP contribution in [0.25, 0.3) is 0 Å². The van der Waals surface area contributed by atoms with Gasteiger partial charge < -0.3 is 9.64 Å². The topological polar surface area (TPSA) is 54.5 Å². The molecule has 5 nitrogen and oxygen atoms in total. The van der Waals surface area contributed by atoms with Gasteiger partial charge in [0.25, 0.3) is 0 Å². The number of likely N-dealkylation sites (tertiary alicyclic amines) is 1. The molecule has 0 radical (unpaired) electrons. The summed E-state index contributed by atoms with van der Waals surface area (Å²) in [4.78, 5) is 19.7. The van der Waals surface area contributed by atoms with Gasteiger partial charge in [0, 0.05) is 12.7 Å². The zero-order chi connectivity index (χ0) is 20.8. The highest BCUT2D eigenvalue weighted by molar-refractivity contribution is 5.79. The van der Waals surface area contributed by atoms with Gasteiger partial charge >= 0.3 is 0 Å². The molecule has 0 aliphatic carbocycles. The highest BCUT2D eigenvalue weighted by Crippen LogP contribution is 2.33. The summed E-state index contributed by atoms with van der Waals surface area (Å²) >= 11 is 0. The average Bonchev–Trinajstić information content (AvgIpc) is 3.31. The zero-order valence-corrected chi connectivity index (χ0v) is 17.2. The Bertz CT molecular complexity index is 923. The second kappa shape index (κ2) is 9.55. The van der Waals surface area contributed by atoms with E-state index < -0.39 is 0 Å². The van der Waals surface area contributed by atoms with Gasteiger partial charge in [0.1, 0.15) is 5.75 Å². The van der Waals surface area contributed by atoms with E-state index in [0.29, 0.717) is 0 Å². The van der Waals surface area contributed by atoms with E-state index in [1.165, 1.54) is 0 Å². The van der Waals surface area contributed by atoms with Crippen LogP contribution >= 0.6 is 0 Å². The molecule has 30 heavy (non-hydrogen) atoms. The summed E-state index contributed by atoms with van der Waals surface area (Å²) in [6.45, 7) is 1.04. The van der Waals surface area contributed by atoms with Crippen LogP contribution in [0.2, 0.25) is 0 Å². The Balaban J connectivity index is 1.49. The van der Waals surface area contributed by atoms with E-state index in [9.17, 15) is 4.79 Å². The third kappa shape index (κ3) is 4.52. The number of carbonyl (C=O) groups excluding carboxylic acids is 1. The Kier molecular flexibility index (Phi) is 6.40. The van der Waals surface area contributed by atoms with Crippen LogP contribution in [0.4, 0.5) is 0 Å². The fraction of sp³-hybridized carbons (Fsp3) is 0.280. The summed E-state index contributed by atoms with van der Waals surface area (Å²) in [7, 11) is 1.67. The van der Waals surface area contributed by atoms with Crippen molar-refractivity contribution in [2.75, 3.05) is 20.2 Å². The van der Waals surface area contributed by atoms with Crippen molar-refractivity contribution in [3.63, 3.8) is 0 Å². The van der Waals surface area contributed by atoms with Crippen LogP contribution in [0.15, 0.2) is 79.0 Å². The number of amides is 1. The number of benzene rings is 2. The number of pyridine rings is 1. The maximum Gasteiger partial charge on any atom is 0.237 e. The lowest BCUT2D eigenvalue weighted by Crippen LogP contribution is -2.39. The molecule has 4 rings (SSSR count). The third-order valence-corrected chi connectivity index (χ3v) is 5.63. The Hall–Kier alpha value is -3.18. The van der Waals surface area contributed by atoms with Gasteiger partial charge in [0.05, 0.1) is 31.4 Å². The second-order valence-electron chi connectivity index (χ2n) is 7.50. The Morgan fingerprint density at radius 1 is 1.13 bits per heavy atom. The zero-order valence-electron chi connectivity index (χ0n) is 17.2. The standard InChI is InChI=1S/C25H27N3O2/c1-30-21-12-7-11-20(17-21)23-14-8-16-28(23)24(29)18-27-25(19-9-3-2-4-10-19)22-13-5-6-15-26-22/h2-7,9-13,15,17,23,25,27H,8,14,16,18H2,1H3. The molecular formula is C25H27N3O2. The first-order chi connectivity index (χ1) is 14.8. The predicted octanol–water partition coefficient (Wildman–Crippen LogP) is 4.13. The van der Waals surface area contributed by atoms with Gasteiger partial charge in [-0.3, -0.25) is 15.1 Å². The fourth-order valence-electron chi connectivity index (χ4n) is 4.14. The van der Waals surface area contributed by atoms with Gasteiger partial charge in [-0.05, 0) is 48.2 Å². The number of nitrogens with zero attached hydrogens (tertiary/aromatic N) is 2. The number of methoxy groups -OCH3 is 1. The molecule has 0 spiro atoms. The van der Waals surface area contributed by atoms with Crippen molar-refractivity contribution in [2.45, 2.75) is 24.9 Å². The second-order valence-corrected chi connectivity index (χ2v) is 7.50. The number of hydrogen-bond donors (Lipinski definition) is 1. The van der Waals surface area contributed by atoms with Crippen molar-refractivity contribution in [3.05, 3.63) is 95.8 Å². The molecule has 1 aliphatic heterocycles. The molecule has 2 heterocycles. The van der Waals surface area contributed by atoms with Crippen LogP contribution in [-0.2, 0) is 4.79 Å². The molecule has 0 saturated carbocycles. The van der Waals surface area contributed by atoms with E-state index >= 15 is 0 Å². The first-order valence-corrected chi connectivity index (χ1v) is 10.4. The van der Waals surface area contributed by atoms with E-state index in [4.69, 9.17) is 4.74 Å². The molecule has 154 valence electrons. The van der Waals surface area contributed by atoms with Gasteiger partial charge in [-0.1, -0.05) is 48.5 Å². The highest BCUT2D eigenvalue weighted by Gasteiger charge is 2.30. The van der Waals surface area contributed by atoms with Crippen LogP contribution in [0, 0.1) is 0 Å². The van der Waals surface area contributed by atoms with Gasteiger partial charge in [-0.2, -0.15) is 0 Å². The van der Waals surface area contributed by atoms with Gasteiger partial charge in [-0.15, -0.1) is 0 Å². The number of hydrogen-bond acceptors (Lipinski definition) is 4. The van der Waals surface area contributed by atoms with Gasteiger partial charge in [0.15, 0.2) is 0 Å². The molecule has 1 saturated heterocycles. The summed E-state index contributed by atoms with van der Waals surface area (Å²) in [5.74, 6) is 0.932. The third-order valence-electron chi connectivity index (χ3n) is 5.63. The molecule has 0 bridgehead atoms. The van der Waals surface area contributed by atoms with Crippen molar-refractivity contribution >= 4 is 5.91 Å². The maximum absolute atomic E-state index is 13.2. The maximum atomic E-state index is 13.2. The minimum Gasteiger partial charge on any atom is -0.497 e. The smallest absolute Gasteiger partial charge is 0.237 e. The molecule has 1 aliphatic rings. The lowest BCUT2D eigenvalue weighted by Gasteiger charge is -2.27. The monoisotopic (exact) mass is 401 g/mol. The number of carbonyl (C=O) groups is 1. The molecule has 2 atom stereocenters. The van der Waals surface area contributed by atoms with Crippen molar-refractivity contribution in [2.24, 2.45) is 0 Å². The molecule has 5 heteroatoms. The van der Waals surface area contributed by atoms with Crippen LogP contribution in [-0.4, -0.2) is 36.0 Å². The van der Waals surface area contributed by atoms with Crippen molar-refractivity contribution in [3.8, 4) is 5.75 Å². The quantitative estimate of drug-likeness (QED) is 0.647. The highest BCUT2D eigenvalue weighted by atomic mass is 16.5. The van der Waals surface area contributed by atoms with Crippen LogP contribution in [0.3, 0.4) is 0 Å². The Labute approximate surface area is 177 Å². The number of nitrogens with one attached hydrogen (secondary N) is 1. The summed E-state index contributed by atoms with van der Waals surface area (Å²) in [5, 5.41) is 3.45. The van der Waals surface area contributed by atoms with E-state index in [2.05, 4.69) is 28.5 Å². The van der Waals surface area contributed by atoms with Crippen molar-refractivity contribution in [1.29, 1.82) is 0 Å². The lowest BCUT2D eigenvalue weighted by molar-refractivity contribution is -0.131. The van der Waals surface area contributed by atoms with E-state index in [0.717, 1.165) is 42.0 Å². The number of ether oxygens (including phenoxy) is 1. The van der Waals surface area contributed by atoms with Crippen LogP contribution < -0.4 is 10.1 Å². The molecule has 3 aromatic rings. The molecule has 1 fully saturated rings. The summed E-state index contributed by atoms with van der Waals surface area (Å²) in [5.41, 5.74) is 3.13. The van der Waals surface area contributed by atoms with E-state index in [1.54, 1.807) is 13.3 Å². The first-order valence-electron chi connectivity index (χ1n) is 10.4. The van der Waals surface area contributed by atoms with Gasteiger partial charge in [-0.25, -0.2) is 0 Å². The molecule has 2 aromatic carbocycles. The van der Waals surface area contributed by atoms with Crippen molar-refractivity contribution in [1.82, 2.24) is 15.2 Å². The molecular weight excluding hydrogens is 374 g/mol. The predicted molar refractivity (Wildman–Crippen MR) is 117 cm³/mol. The van der Waals surface area contributed by atoms with Gasteiger partial charge in [0.2, 0.25) is 5.91 Å². The first kappa shape index (κ1) is 20.1. The van der Waals surface area contributed by atoms with Crippen molar-refractivity contribution < 1.29 is 9.53 Å². The summed E-state index contributed by atoms with van der Waals surface area (Å²) in [6, 6.07) is 24.0. The number of aromatic nitrogens is 1. The Morgan fingerprint density at radius 3 is 2.73 bits per heavy atom. The molecule has 2 unspecified atom stereocenters. The summed E-state index contributed by atoms with van der Waals surface area (Å²) in [6.07, 6.45) is 3.77. The molecule has 1 aromatic heterocycles.